The molecule has 0 bridgehead atoms. The van der Waals surface area contributed by atoms with E-state index in [1.165, 1.54) is 0 Å². The summed E-state index contributed by atoms with van der Waals surface area (Å²) in [6, 6.07) is -0.393. The van der Waals surface area contributed by atoms with E-state index in [0.29, 0.717) is 13.0 Å². The lowest BCUT2D eigenvalue weighted by Crippen LogP contribution is -2.21. The molecule has 11 nitrogen and oxygen atoms in total. The molecule has 0 aliphatic heterocycles. The van der Waals surface area contributed by atoms with Crippen LogP contribution in [0.3, 0.4) is 0 Å². The second-order valence-electron chi connectivity index (χ2n) is 4.30. The zero-order chi connectivity index (χ0) is 17.3. The van der Waals surface area contributed by atoms with Gasteiger partial charge in [0.05, 0.1) is 39.1 Å². The summed E-state index contributed by atoms with van der Waals surface area (Å²) < 4.78 is 20.2. The van der Waals surface area contributed by atoms with E-state index in [0.717, 1.165) is 0 Å². The zero-order valence-electron chi connectivity index (χ0n) is 12.8. The van der Waals surface area contributed by atoms with Crippen molar-refractivity contribution in [1.82, 2.24) is 0 Å². The van der Waals surface area contributed by atoms with Crippen molar-refractivity contribution >= 4 is 11.9 Å². The molecule has 23 heavy (non-hydrogen) atoms. The summed E-state index contributed by atoms with van der Waals surface area (Å²) in [6.45, 7) is 0.865. The number of amides is 1. The van der Waals surface area contributed by atoms with Gasteiger partial charge in [0.15, 0.2) is 0 Å². The van der Waals surface area contributed by atoms with Gasteiger partial charge in [-0.05, 0) is 12.0 Å². The zero-order valence-corrected chi connectivity index (χ0v) is 12.8. The molecule has 0 heterocycles. The van der Waals surface area contributed by atoms with E-state index < -0.39 is 17.9 Å². The molecule has 0 aromatic carbocycles. The maximum absolute atomic E-state index is 10.4. The number of ether oxygens (including phenoxy) is 4. The number of carbonyl (C=O) groups is 2. The molecule has 1 unspecified atom stereocenters. The van der Waals surface area contributed by atoms with Crippen LogP contribution in [-0.4, -0.2) is 75.9 Å². The summed E-state index contributed by atoms with van der Waals surface area (Å²) in [5, 5.41) is 11.9. The third-order valence-electron chi connectivity index (χ3n) is 2.33. The number of primary amides is 1. The maximum Gasteiger partial charge on any atom is 0.329 e. The highest BCUT2D eigenvalue weighted by atomic mass is 16.5. The van der Waals surface area contributed by atoms with Gasteiger partial charge in [0.2, 0.25) is 5.91 Å². The summed E-state index contributed by atoms with van der Waals surface area (Å²) in [4.78, 5) is 23.3. The van der Waals surface area contributed by atoms with Gasteiger partial charge < -0.3 is 29.8 Å². The first-order valence-corrected chi connectivity index (χ1v) is 6.91. The largest absolute Gasteiger partial charge is 0.480 e. The first-order chi connectivity index (χ1) is 11.1. The second-order valence-corrected chi connectivity index (χ2v) is 4.30. The molecule has 0 aromatic heterocycles. The van der Waals surface area contributed by atoms with Crippen LogP contribution in [0, 0.1) is 0 Å². The Kier molecular flexibility index (Phi) is 13.8. The first-order valence-electron chi connectivity index (χ1n) is 6.91. The minimum absolute atomic E-state index is 0.166. The Bertz CT molecular complexity index is 388. The molecule has 11 heteroatoms. The van der Waals surface area contributed by atoms with Crippen molar-refractivity contribution < 1.29 is 33.6 Å². The molecule has 1 atom stereocenters. The Morgan fingerprint density at radius 3 is 2.26 bits per heavy atom. The molecule has 0 rings (SSSR count). The number of hydrogen-bond donors (Lipinski definition) is 2. The number of carboxylic acids is 1. The van der Waals surface area contributed by atoms with E-state index in [2.05, 4.69) is 10.0 Å². The maximum atomic E-state index is 10.4. The van der Waals surface area contributed by atoms with Crippen LogP contribution in [0.15, 0.2) is 5.11 Å². The van der Waals surface area contributed by atoms with E-state index in [-0.39, 0.29) is 46.2 Å². The first kappa shape index (κ1) is 21.1. The molecule has 0 saturated heterocycles. The van der Waals surface area contributed by atoms with E-state index in [4.69, 9.17) is 35.3 Å². The fourth-order valence-corrected chi connectivity index (χ4v) is 1.36. The lowest BCUT2D eigenvalue weighted by atomic mass is 10.2. The molecule has 3 N–H and O–H groups in total. The smallest absolute Gasteiger partial charge is 0.329 e. The van der Waals surface area contributed by atoms with Crippen LogP contribution in [0.4, 0.5) is 0 Å². The minimum Gasteiger partial charge on any atom is -0.480 e. The predicted octanol–water partition coefficient (Wildman–Crippen LogP) is -0.308. The van der Waals surface area contributed by atoms with E-state index in [9.17, 15) is 9.59 Å². The average molecular weight is 334 g/mol. The summed E-state index contributed by atoms with van der Waals surface area (Å²) >= 11 is 0. The number of rotatable bonds is 16. The van der Waals surface area contributed by atoms with Gasteiger partial charge in [-0.1, -0.05) is 5.11 Å². The Hall–Kier alpha value is -1.91. The molecule has 132 valence electrons. The molecule has 0 fully saturated rings. The lowest BCUT2D eigenvalue weighted by molar-refractivity contribution is -0.142. The van der Waals surface area contributed by atoms with Gasteiger partial charge >= 0.3 is 5.97 Å². The van der Waals surface area contributed by atoms with Gasteiger partial charge in [-0.2, -0.15) is 0 Å². The van der Waals surface area contributed by atoms with Gasteiger partial charge in [0.1, 0.15) is 13.2 Å². The number of aliphatic carboxylic acids is 1. The molecule has 1 amide bonds. The van der Waals surface area contributed by atoms with Crippen molar-refractivity contribution in [2.75, 3.05) is 52.9 Å². The van der Waals surface area contributed by atoms with E-state index in [1.807, 2.05) is 0 Å². The SMILES string of the molecule is [N-]=[N+]=NC(CCOCCOCC(=O)O)COCCOCC(N)=O. The van der Waals surface area contributed by atoms with Crippen molar-refractivity contribution in [1.29, 1.82) is 0 Å². The highest BCUT2D eigenvalue weighted by molar-refractivity contribution is 5.74. The van der Waals surface area contributed by atoms with Gasteiger partial charge in [0, 0.05) is 11.5 Å². The number of carbonyl (C=O) groups excluding carboxylic acids is 1. The Labute approximate surface area is 133 Å². The van der Waals surface area contributed by atoms with E-state index in [1.54, 1.807) is 0 Å². The summed E-state index contributed by atoms with van der Waals surface area (Å²) in [5.41, 5.74) is 13.4. The minimum atomic E-state index is -1.04. The van der Waals surface area contributed by atoms with Crippen LogP contribution in [0.1, 0.15) is 6.42 Å². The monoisotopic (exact) mass is 334 g/mol. The van der Waals surface area contributed by atoms with Crippen molar-refractivity contribution in [3.05, 3.63) is 10.4 Å². The highest BCUT2D eigenvalue weighted by Gasteiger charge is 2.07. The normalized spacial score (nSPS) is 11.7. The molecule has 0 aromatic rings. The predicted molar refractivity (Wildman–Crippen MR) is 77.7 cm³/mol. The average Bonchev–Trinajstić information content (AvgIpc) is 2.48. The van der Waals surface area contributed by atoms with Crippen LogP contribution in [0.25, 0.3) is 10.4 Å². The summed E-state index contributed by atoms with van der Waals surface area (Å²) in [5.74, 6) is -1.59. The standard InChI is InChI=1S/C12H22N4O7/c13-11(17)8-22-6-5-21-7-10(15-16-14)1-2-20-3-4-23-9-12(18)19/h10H,1-9H2,(H2,13,17)(H,18,19). The van der Waals surface area contributed by atoms with Gasteiger partial charge in [0.25, 0.3) is 0 Å². The van der Waals surface area contributed by atoms with Crippen molar-refractivity contribution in [2.24, 2.45) is 10.8 Å². The Morgan fingerprint density at radius 1 is 1.04 bits per heavy atom. The van der Waals surface area contributed by atoms with Crippen molar-refractivity contribution in [3.8, 4) is 0 Å². The van der Waals surface area contributed by atoms with Gasteiger partial charge in [-0.15, -0.1) is 0 Å². The summed E-state index contributed by atoms with van der Waals surface area (Å²) in [7, 11) is 0. The van der Waals surface area contributed by atoms with Crippen molar-refractivity contribution in [2.45, 2.75) is 12.5 Å². The van der Waals surface area contributed by atoms with Crippen LogP contribution >= 0.6 is 0 Å². The second kappa shape index (κ2) is 15.0. The number of azide groups is 1. The van der Waals surface area contributed by atoms with Crippen LogP contribution < -0.4 is 5.73 Å². The molecule has 0 spiro atoms. The third kappa shape index (κ3) is 16.3. The molecule has 0 aliphatic rings. The molecular formula is C12H22N4O7. The highest BCUT2D eigenvalue weighted by Crippen LogP contribution is 2.01. The Balaban J connectivity index is 3.60. The van der Waals surface area contributed by atoms with Crippen LogP contribution in [0.2, 0.25) is 0 Å². The number of carboxylic acid groups (broad SMARTS) is 1. The number of nitrogens with two attached hydrogens (primary N) is 1. The molecule has 0 aliphatic carbocycles. The fourth-order valence-electron chi connectivity index (χ4n) is 1.36. The van der Waals surface area contributed by atoms with Gasteiger partial charge in [-0.25, -0.2) is 4.79 Å². The lowest BCUT2D eigenvalue weighted by Gasteiger charge is -2.12. The molecule has 0 radical (unpaired) electrons. The van der Waals surface area contributed by atoms with Crippen LogP contribution in [-0.2, 0) is 28.5 Å². The molecule has 0 saturated carbocycles. The number of hydrogen-bond acceptors (Lipinski definition) is 7. The van der Waals surface area contributed by atoms with Crippen LogP contribution in [0.5, 0.6) is 0 Å². The molecular weight excluding hydrogens is 312 g/mol. The topological polar surface area (TPSA) is 166 Å². The third-order valence-corrected chi connectivity index (χ3v) is 2.33. The number of nitrogens with zero attached hydrogens (tertiary/aromatic N) is 3. The Morgan fingerprint density at radius 2 is 1.65 bits per heavy atom. The van der Waals surface area contributed by atoms with Gasteiger partial charge in [-0.3, -0.25) is 4.79 Å². The van der Waals surface area contributed by atoms with Crippen molar-refractivity contribution in [3.63, 3.8) is 0 Å². The van der Waals surface area contributed by atoms with E-state index >= 15 is 0 Å². The fraction of sp³-hybridized carbons (Fsp3) is 0.833. The summed E-state index contributed by atoms with van der Waals surface area (Å²) in [6.07, 6.45) is 0.450. The quantitative estimate of drug-likeness (QED) is 0.169.